The average molecular weight is 248 g/mol. The normalized spacial score (nSPS) is 15.4. The maximum atomic E-state index is 12.1. The zero-order valence-corrected chi connectivity index (χ0v) is 10.3. The highest BCUT2D eigenvalue weighted by Gasteiger charge is 2.26. The summed E-state index contributed by atoms with van der Waals surface area (Å²) < 4.78 is 5.46. The first-order chi connectivity index (χ1) is 8.63. The number of ether oxygens (including phenoxy) is 1. The Morgan fingerprint density at radius 1 is 1.44 bits per heavy atom. The van der Waals surface area contributed by atoms with Crippen LogP contribution in [0.5, 0.6) is 5.75 Å². The van der Waals surface area contributed by atoms with Gasteiger partial charge in [-0.3, -0.25) is 9.59 Å². The molecule has 1 atom stereocenters. The third kappa shape index (κ3) is 2.37. The number of carbonyl (C=O) groups excluding carboxylic acids is 1. The number of fused-ring (bicyclic) bond motifs is 1. The topological polar surface area (TPSA) is 63.6 Å². The first-order valence-electron chi connectivity index (χ1n) is 6.16. The summed E-state index contributed by atoms with van der Waals surface area (Å²) in [6.07, 6.45) is 2.11. The fourth-order valence-electron chi connectivity index (χ4n) is 2.19. The second-order valence-corrected chi connectivity index (χ2v) is 4.44. The van der Waals surface area contributed by atoms with Crippen LogP contribution in [0.15, 0.2) is 18.2 Å². The van der Waals surface area contributed by atoms with Crippen molar-refractivity contribution in [2.45, 2.75) is 26.2 Å². The lowest BCUT2D eigenvalue weighted by atomic mass is 9.93. The highest BCUT2D eigenvalue weighted by molar-refractivity contribution is 6.08. The molecule has 0 saturated heterocycles. The molecule has 1 aromatic carbocycles. The van der Waals surface area contributed by atoms with E-state index in [0.29, 0.717) is 18.6 Å². The Kier molecular flexibility index (Phi) is 3.65. The summed E-state index contributed by atoms with van der Waals surface area (Å²) in [7, 11) is 0. The van der Waals surface area contributed by atoms with Crippen molar-refractivity contribution >= 4 is 11.8 Å². The molecular weight excluding hydrogens is 232 g/mol. The van der Waals surface area contributed by atoms with Gasteiger partial charge in [0.05, 0.1) is 6.61 Å². The van der Waals surface area contributed by atoms with E-state index in [0.717, 1.165) is 24.2 Å². The number of Topliss-reactive ketones (excluding diaryl/α,β-unsaturated/α-hetero) is 1. The lowest BCUT2D eigenvalue weighted by Gasteiger charge is -2.18. The molecule has 0 fully saturated rings. The molecule has 0 spiro atoms. The highest BCUT2D eigenvalue weighted by Crippen LogP contribution is 2.26. The second-order valence-electron chi connectivity index (χ2n) is 4.44. The second kappa shape index (κ2) is 5.21. The largest absolute Gasteiger partial charge is 0.493 e. The van der Waals surface area contributed by atoms with Crippen LogP contribution in [0.25, 0.3) is 0 Å². The van der Waals surface area contributed by atoms with E-state index in [4.69, 9.17) is 9.84 Å². The molecule has 96 valence electrons. The van der Waals surface area contributed by atoms with Crippen LogP contribution in [0.4, 0.5) is 0 Å². The lowest BCUT2D eigenvalue weighted by molar-refractivity contribution is -0.140. The minimum absolute atomic E-state index is 0.307. The summed E-state index contributed by atoms with van der Waals surface area (Å²) >= 11 is 0. The number of carboxylic acid groups (broad SMARTS) is 1. The number of rotatable bonds is 4. The van der Waals surface area contributed by atoms with Crippen molar-refractivity contribution in [1.82, 2.24) is 0 Å². The molecule has 1 aliphatic heterocycles. The van der Waals surface area contributed by atoms with Gasteiger partial charge in [0.1, 0.15) is 11.7 Å². The van der Waals surface area contributed by atoms with Gasteiger partial charge in [-0.25, -0.2) is 0 Å². The molecule has 1 aliphatic rings. The van der Waals surface area contributed by atoms with E-state index in [1.165, 1.54) is 0 Å². The predicted molar refractivity (Wildman–Crippen MR) is 66.0 cm³/mol. The molecule has 1 unspecified atom stereocenters. The van der Waals surface area contributed by atoms with Crippen molar-refractivity contribution in [2.24, 2.45) is 5.92 Å². The molecular formula is C14H16O4. The summed E-state index contributed by atoms with van der Waals surface area (Å²) in [6, 6.07) is 5.18. The monoisotopic (exact) mass is 248 g/mol. The molecule has 1 heterocycles. The standard InChI is InChI=1S/C14H16O4/c1-2-11(14(16)17)13(15)10-5-6-12-9(8-10)4-3-7-18-12/h5-6,8,11H,2-4,7H2,1H3,(H,16,17). The lowest BCUT2D eigenvalue weighted by Crippen LogP contribution is -2.23. The number of aryl methyl sites for hydroxylation is 1. The van der Waals surface area contributed by atoms with Crippen molar-refractivity contribution in [3.63, 3.8) is 0 Å². The third-order valence-electron chi connectivity index (χ3n) is 3.22. The smallest absolute Gasteiger partial charge is 0.314 e. The maximum Gasteiger partial charge on any atom is 0.314 e. The van der Waals surface area contributed by atoms with E-state index in [1.807, 2.05) is 0 Å². The van der Waals surface area contributed by atoms with Gasteiger partial charge >= 0.3 is 5.97 Å². The Hall–Kier alpha value is -1.84. The Labute approximate surface area is 106 Å². The van der Waals surface area contributed by atoms with Gasteiger partial charge in [0.25, 0.3) is 0 Å². The molecule has 0 saturated carbocycles. The summed E-state index contributed by atoms with van der Waals surface area (Å²) in [5, 5.41) is 9.00. The van der Waals surface area contributed by atoms with Gasteiger partial charge in [0, 0.05) is 5.56 Å². The number of aliphatic carboxylic acids is 1. The van der Waals surface area contributed by atoms with Crippen LogP contribution in [0.1, 0.15) is 35.7 Å². The summed E-state index contributed by atoms with van der Waals surface area (Å²) in [6.45, 7) is 2.41. The third-order valence-corrected chi connectivity index (χ3v) is 3.22. The van der Waals surface area contributed by atoms with Crippen LogP contribution in [0.2, 0.25) is 0 Å². The Morgan fingerprint density at radius 2 is 2.22 bits per heavy atom. The molecule has 1 N–H and O–H groups in total. The number of ketones is 1. The van der Waals surface area contributed by atoms with Gasteiger partial charge in [0.15, 0.2) is 5.78 Å². The van der Waals surface area contributed by atoms with E-state index in [1.54, 1.807) is 25.1 Å². The molecule has 0 radical (unpaired) electrons. The Balaban J connectivity index is 2.28. The average Bonchev–Trinajstić information content (AvgIpc) is 2.38. The number of carboxylic acids is 1. The maximum absolute atomic E-state index is 12.1. The van der Waals surface area contributed by atoms with Gasteiger partial charge in [-0.15, -0.1) is 0 Å². The zero-order valence-electron chi connectivity index (χ0n) is 10.3. The molecule has 0 bridgehead atoms. The molecule has 4 nitrogen and oxygen atoms in total. The van der Waals surface area contributed by atoms with Gasteiger partial charge in [-0.2, -0.15) is 0 Å². The van der Waals surface area contributed by atoms with Crippen molar-refractivity contribution < 1.29 is 19.4 Å². The summed E-state index contributed by atoms with van der Waals surface area (Å²) in [5.41, 5.74) is 1.46. The number of hydrogen-bond donors (Lipinski definition) is 1. The molecule has 1 aromatic rings. The van der Waals surface area contributed by atoms with E-state index < -0.39 is 11.9 Å². The van der Waals surface area contributed by atoms with Gasteiger partial charge < -0.3 is 9.84 Å². The van der Waals surface area contributed by atoms with Crippen LogP contribution < -0.4 is 4.74 Å². The van der Waals surface area contributed by atoms with Crippen molar-refractivity contribution in [1.29, 1.82) is 0 Å². The van der Waals surface area contributed by atoms with E-state index in [-0.39, 0.29) is 5.78 Å². The highest BCUT2D eigenvalue weighted by atomic mass is 16.5. The van der Waals surface area contributed by atoms with Crippen LogP contribution in [0.3, 0.4) is 0 Å². The fraction of sp³-hybridized carbons (Fsp3) is 0.429. The quantitative estimate of drug-likeness (QED) is 0.656. The van der Waals surface area contributed by atoms with E-state index >= 15 is 0 Å². The molecule has 0 amide bonds. The van der Waals surface area contributed by atoms with E-state index in [2.05, 4.69) is 0 Å². The van der Waals surface area contributed by atoms with E-state index in [9.17, 15) is 9.59 Å². The zero-order chi connectivity index (χ0) is 13.1. The van der Waals surface area contributed by atoms with Crippen molar-refractivity contribution in [3.05, 3.63) is 29.3 Å². The number of hydrogen-bond acceptors (Lipinski definition) is 3. The minimum Gasteiger partial charge on any atom is -0.493 e. The first-order valence-corrected chi connectivity index (χ1v) is 6.16. The number of benzene rings is 1. The molecule has 18 heavy (non-hydrogen) atoms. The Morgan fingerprint density at radius 3 is 2.89 bits per heavy atom. The SMILES string of the molecule is CCC(C(=O)O)C(=O)c1ccc2c(c1)CCCO2. The molecule has 0 aliphatic carbocycles. The predicted octanol–water partition coefficient (Wildman–Crippen LogP) is 2.31. The van der Waals surface area contributed by atoms with Gasteiger partial charge in [-0.05, 0) is 43.0 Å². The van der Waals surface area contributed by atoms with Crippen LogP contribution in [0, 0.1) is 5.92 Å². The minimum atomic E-state index is -1.06. The van der Waals surface area contributed by atoms with Crippen LogP contribution in [-0.4, -0.2) is 23.5 Å². The fourth-order valence-corrected chi connectivity index (χ4v) is 2.19. The van der Waals surface area contributed by atoms with Crippen LogP contribution in [-0.2, 0) is 11.2 Å². The van der Waals surface area contributed by atoms with Crippen LogP contribution >= 0.6 is 0 Å². The summed E-state index contributed by atoms with van der Waals surface area (Å²) in [5.74, 6) is -1.52. The summed E-state index contributed by atoms with van der Waals surface area (Å²) in [4.78, 5) is 23.1. The van der Waals surface area contributed by atoms with Crippen molar-refractivity contribution in [2.75, 3.05) is 6.61 Å². The molecule has 0 aromatic heterocycles. The molecule has 2 rings (SSSR count). The van der Waals surface area contributed by atoms with Crippen molar-refractivity contribution in [3.8, 4) is 5.75 Å². The number of carbonyl (C=O) groups is 2. The first kappa shape index (κ1) is 12.6. The Bertz CT molecular complexity index is 479. The molecule has 4 heteroatoms. The van der Waals surface area contributed by atoms with Gasteiger partial charge in [-0.1, -0.05) is 6.92 Å². The van der Waals surface area contributed by atoms with Gasteiger partial charge in [0.2, 0.25) is 0 Å².